The molecule has 0 bridgehead atoms. The van der Waals surface area contributed by atoms with Gasteiger partial charge in [0.15, 0.2) is 0 Å². The van der Waals surface area contributed by atoms with Crippen LogP contribution in [0.15, 0.2) is 146 Å². The van der Waals surface area contributed by atoms with E-state index in [2.05, 4.69) is 146 Å². The van der Waals surface area contributed by atoms with E-state index in [0.29, 0.717) is 0 Å². The minimum atomic E-state index is 1.32. The number of hydrogen-bond acceptors (Lipinski definition) is 0. The second-order valence-electron chi connectivity index (χ2n) is 10.9. The summed E-state index contributed by atoms with van der Waals surface area (Å²) >= 11 is 0. The lowest BCUT2D eigenvalue weighted by atomic mass is 9.91. The van der Waals surface area contributed by atoms with Gasteiger partial charge in [-0.05, 0) is 99.0 Å². The second-order valence-corrected chi connectivity index (χ2v) is 10.9. The molecule has 40 heavy (non-hydrogen) atoms. The summed E-state index contributed by atoms with van der Waals surface area (Å²) < 4.78 is 0. The Morgan fingerprint density at radius 1 is 0.225 bits per heavy atom. The van der Waals surface area contributed by atoms with E-state index in [1.165, 1.54) is 86.9 Å². The van der Waals surface area contributed by atoms with E-state index in [9.17, 15) is 0 Å². The Morgan fingerprint density at radius 2 is 0.725 bits per heavy atom. The molecule has 0 saturated heterocycles. The summed E-state index contributed by atoms with van der Waals surface area (Å²) in [6, 6.07) is 52.9. The first kappa shape index (κ1) is 21.7. The lowest BCUT2D eigenvalue weighted by Crippen LogP contribution is -1.85. The predicted molar refractivity (Wildman–Crippen MR) is 174 cm³/mol. The fourth-order valence-corrected chi connectivity index (χ4v) is 7.04. The molecule has 0 fully saturated rings. The zero-order chi connectivity index (χ0) is 26.2. The van der Waals surface area contributed by atoms with Crippen LogP contribution in [-0.4, -0.2) is 0 Å². The third kappa shape index (κ3) is 2.96. The first-order valence-corrected chi connectivity index (χ1v) is 13.9. The van der Waals surface area contributed by atoms with Crippen LogP contribution in [0, 0.1) is 0 Å². The molecule has 0 aliphatic heterocycles. The smallest absolute Gasteiger partial charge is 0.00199 e. The van der Waals surface area contributed by atoms with E-state index in [1.54, 1.807) is 0 Å². The molecule has 1 aliphatic carbocycles. The zero-order valence-electron chi connectivity index (χ0n) is 21.9. The molecule has 0 aromatic heterocycles. The highest BCUT2D eigenvalue weighted by Crippen LogP contribution is 2.49. The van der Waals surface area contributed by atoms with Crippen LogP contribution in [0.4, 0.5) is 0 Å². The number of benzene rings is 9. The van der Waals surface area contributed by atoms with Crippen LogP contribution in [0.3, 0.4) is 0 Å². The molecular formula is C40H24. The van der Waals surface area contributed by atoms with Gasteiger partial charge in [-0.25, -0.2) is 0 Å². The van der Waals surface area contributed by atoms with Gasteiger partial charge in [0, 0.05) is 0 Å². The monoisotopic (exact) mass is 504 g/mol. The highest BCUT2D eigenvalue weighted by molar-refractivity contribution is 6.29. The predicted octanol–water partition coefficient (Wildman–Crippen LogP) is 11.4. The van der Waals surface area contributed by atoms with E-state index in [-0.39, 0.29) is 0 Å². The molecule has 10 rings (SSSR count). The van der Waals surface area contributed by atoms with Crippen molar-refractivity contribution in [2.75, 3.05) is 0 Å². The van der Waals surface area contributed by atoms with E-state index in [1.807, 2.05) is 0 Å². The third-order valence-electron chi connectivity index (χ3n) is 8.76. The molecule has 0 unspecified atom stereocenters. The van der Waals surface area contributed by atoms with E-state index in [4.69, 9.17) is 0 Å². The SMILES string of the molecule is c1ccc2c(c1)-c1cccc3c1c-2cc1ccccc13.c1ccc2c(c1)cc1ccc3cccc4ccc2c1c34. The molecule has 9 aromatic carbocycles. The number of hydrogen-bond donors (Lipinski definition) is 0. The van der Waals surface area contributed by atoms with Crippen molar-refractivity contribution in [1.82, 2.24) is 0 Å². The van der Waals surface area contributed by atoms with Crippen LogP contribution >= 0.6 is 0 Å². The van der Waals surface area contributed by atoms with E-state index in [0.717, 1.165) is 0 Å². The summed E-state index contributed by atoms with van der Waals surface area (Å²) in [6.07, 6.45) is 0. The summed E-state index contributed by atoms with van der Waals surface area (Å²) in [7, 11) is 0. The van der Waals surface area contributed by atoms with Crippen LogP contribution in [-0.2, 0) is 0 Å². The van der Waals surface area contributed by atoms with Gasteiger partial charge in [-0.2, -0.15) is 0 Å². The van der Waals surface area contributed by atoms with Crippen LogP contribution in [0.2, 0.25) is 0 Å². The summed E-state index contributed by atoms with van der Waals surface area (Å²) in [5, 5.41) is 16.3. The van der Waals surface area contributed by atoms with Crippen molar-refractivity contribution < 1.29 is 0 Å². The van der Waals surface area contributed by atoms with E-state index >= 15 is 0 Å². The fraction of sp³-hybridized carbons (Fsp3) is 0. The Bertz CT molecular complexity index is 2410. The van der Waals surface area contributed by atoms with Gasteiger partial charge in [-0.15, -0.1) is 0 Å². The molecule has 0 nitrogen and oxygen atoms in total. The molecule has 1 aliphatic rings. The lowest BCUT2D eigenvalue weighted by molar-refractivity contribution is 1.70. The van der Waals surface area contributed by atoms with Gasteiger partial charge in [-0.1, -0.05) is 133 Å². The standard InChI is InChI=1S/2C20H12/c1-2-7-14-13(6-1)12-19-16-9-4-3-8-15(16)18-11-5-10-17(14)20(18)19;1-2-7-17-15(4-1)12-16-9-8-13-5-3-6-14-10-11-18(17)20(16)19(13)14/h2*1-12H. The molecule has 9 aromatic rings. The first-order chi connectivity index (χ1) is 19.8. The van der Waals surface area contributed by atoms with Crippen LogP contribution in [0.5, 0.6) is 0 Å². The maximum Gasteiger partial charge on any atom is -0.00199 e. The van der Waals surface area contributed by atoms with Crippen LogP contribution in [0.25, 0.3) is 86.9 Å². The Hall–Kier alpha value is -5.20. The molecule has 0 radical (unpaired) electrons. The maximum absolute atomic E-state index is 2.34. The topological polar surface area (TPSA) is 0 Å². The van der Waals surface area contributed by atoms with Crippen molar-refractivity contribution in [2.45, 2.75) is 0 Å². The van der Waals surface area contributed by atoms with Crippen LogP contribution < -0.4 is 0 Å². The number of rotatable bonds is 0. The molecular weight excluding hydrogens is 480 g/mol. The van der Waals surface area contributed by atoms with Crippen molar-refractivity contribution in [1.29, 1.82) is 0 Å². The molecule has 0 spiro atoms. The Morgan fingerprint density at radius 3 is 1.50 bits per heavy atom. The van der Waals surface area contributed by atoms with Gasteiger partial charge in [-0.3, -0.25) is 0 Å². The summed E-state index contributed by atoms with van der Waals surface area (Å²) in [6.45, 7) is 0. The van der Waals surface area contributed by atoms with Crippen molar-refractivity contribution in [3.63, 3.8) is 0 Å². The zero-order valence-corrected chi connectivity index (χ0v) is 21.9. The lowest BCUT2D eigenvalue weighted by Gasteiger charge is -2.12. The second kappa shape index (κ2) is 8.15. The van der Waals surface area contributed by atoms with Crippen molar-refractivity contribution in [2.24, 2.45) is 0 Å². The Balaban J connectivity index is 0.000000115. The van der Waals surface area contributed by atoms with Crippen molar-refractivity contribution >= 4 is 64.6 Å². The molecule has 0 heteroatoms. The normalized spacial score (nSPS) is 12.0. The summed E-state index contributed by atoms with van der Waals surface area (Å²) in [5.41, 5.74) is 5.48. The minimum Gasteiger partial charge on any atom is -0.0616 e. The molecule has 0 amide bonds. The highest BCUT2D eigenvalue weighted by Gasteiger charge is 2.21. The van der Waals surface area contributed by atoms with Gasteiger partial charge < -0.3 is 0 Å². The average Bonchev–Trinajstić information content (AvgIpc) is 3.34. The van der Waals surface area contributed by atoms with Gasteiger partial charge >= 0.3 is 0 Å². The summed E-state index contributed by atoms with van der Waals surface area (Å²) in [5.74, 6) is 0. The quantitative estimate of drug-likeness (QED) is 0.142. The average molecular weight is 505 g/mol. The molecule has 0 saturated carbocycles. The number of fused-ring (bicyclic) bond motifs is 7. The highest BCUT2D eigenvalue weighted by atomic mass is 14.2. The Labute approximate surface area is 232 Å². The fourth-order valence-electron chi connectivity index (χ4n) is 7.04. The minimum absolute atomic E-state index is 1.32. The Kier molecular flexibility index (Phi) is 4.42. The molecule has 0 atom stereocenters. The first-order valence-electron chi connectivity index (χ1n) is 13.9. The van der Waals surface area contributed by atoms with Crippen molar-refractivity contribution in [3.05, 3.63) is 146 Å². The molecule has 0 heterocycles. The van der Waals surface area contributed by atoms with Gasteiger partial charge in [0.25, 0.3) is 0 Å². The van der Waals surface area contributed by atoms with Crippen LogP contribution in [0.1, 0.15) is 0 Å². The third-order valence-corrected chi connectivity index (χ3v) is 8.76. The summed E-state index contributed by atoms with van der Waals surface area (Å²) in [4.78, 5) is 0. The van der Waals surface area contributed by atoms with Crippen molar-refractivity contribution in [3.8, 4) is 22.3 Å². The van der Waals surface area contributed by atoms with Gasteiger partial charge in [0.05, 0.1) is 0 Å². The largest absolute Gasteiger partial charge is 0.0616 e. The van der Waals surface area contributed by atoms with Gasteiger partial charge in [0.2, 0.25) is 0 Å². The van der Waals surface area contributed by atoms with E-state index < -0.39 is 0 Å². The maximum atomic E-state index is 2.34. The molecule has 184 valence electrons. The molecule has 0 N–H and O–H groups in total. The van der Waals surface area contributed by atoms with Gasteiger partial charge in [0.1, 0.15) is 0 Å².